The van der Waals surface area contributed by atoms with E-state index in [1.165, 1.54) is 12.1 Å². The maximum Gasteiger partial charge on any atom is 0.143 e. The highest BCUT2D eigenvalue weighted by Crippen LogP contribution is 2.30. The number of anilines is 3. The van der Waals surface area contributed by atoms with Crippen molar-refractivity contribution >= 4 is 28.7 Å². The Morgan fingerprint density at radius 1 is 1.11 bits per heavy atom. The Balaban J connectivity index is 2.40. The number of hydrogen-bond donors (Lipinski definition) is 2. The molecule has 0 heterocycles. The molecule has 0 unspecified atom stereocenters. The number of nitrogens with one attached hydrogen (secondary N) is 1. The van der Waals surface area contributed by atoms with Gasteiger partial charge >= 0.3 is 0 Å². The van der Waals surface area contributed by atoms with E-state index in [4.69, 9.17) is 17.3 Å². The van der Waals surface area contributed by atoms with Gasteiger partial charge in [-0.2, -0.15) is 0 Å². The largest absolute Gasteiger partial charge is 0.397 e. The summed E-state index contributed by atoms with van der Waals surface area (Å²) in [7, 11) is 0. The molecule has 3 N–H and O–H groups in total. The topological polar surface area (TPSA) is 38.0 Å². The Morgan fingerprint density at radius 2 is 1.83 bits per heavy atom. The van der Waals surface area contributed by atoms with Crippen molar-refractivity contribution in [1.82, 2.24) is 0 Å². The fraction of sp³-hybridized carbons (Fsp3) is 0.0769. The molecule has 0 aliphatic heterocycles. The van der Waals surface area contributed by atoms with Crippen LogP contribution in [0.1, 0.15) is 5.56 Å². The zero-order valence-corrected chi connectivity index (χ0v) is 10.4. The lowest BCUT2D eigenvalue weighted by Gasteiger charge is -2.12. The molecule has 0 aliphatic carbocycles. The van der Waals surface area contributed by atoms with Crippen LogP contribution in [0.4, 0.5) is 25.8 Å². The predicted molar refractivity (Wildman–Crippen MR) is 70.2 cm³/mol. The molecule has 2 rings (SSSR count). The molecule has 2 nitrogen and oxygen atoms in total. The van der Waals surface area contributed by atoms with Gasteiger partial charge in [-0.25, -0.2) is 8.78 Å². The van der Waals surface area contributed by atoms with Crippen molar-refractivity contribution < 1.29 is 8.78 Å². The third-order valence-electron chi connectivity index (χ3n) is 2.63. The van der Waals surface area contributed by atoms with Crippen molar-refractivity contribution in [3.63, 3.8) is 0 Å². The molecule has 0 saturated heterocycles. The van der Waals surface area contributed by atoms with Crippen LogP contribution in [0, 0.1) is 18.6 Å². The highest BCUT2D eigenvalue weighted by atomic mass is 35.5. The third-order valence-corrected chi connectivity index (χ3v) is 2.92. The molecule has 2 aromatic rings. The van der Waals surface area contributed by atoms with E-state index < -0.39 is 5.82 Å². The van der Waals surface area contributed by atoms with Gasteiger partial charge in [0.2, 0.25) is 0 Å². The third kappa shape index (κ3) is 2.38. The standard InChI is InChI=1S/C13H11ClF2N2/c1-7-9(15)3-2-4-12(7)18-13-5-8(14)10(16)6-11(13)17/h2-6,18H,17H2,1H3. The van der Waals surface area contributed by atoms with E-state index in [0.717, 1.165) is 6.07 Å². The van der Waals surface area contributed by atoms with Gasteiger partial charge in [0.25, 0.3) is 0 Å². The van der Waals surface area contributed by atoms with Crippen LogP contribution in [0.15, 0.2) is 30.3 Å². The summed E-state index contributed by atoms with van der Waals surface area (Å²) in [6, 6.07) is 7.14. The zero-order chi connectivity index (χ0) is 13.3. The summed E-state index contributed by atoms with van der Waals surface area (Å²) in [4.78, 5) is 0. The van der Waals surface area contributed by atoms with Gasteiger partial charge in [0.15, 0.2) is 0 Å². The summed E-state index contributed by atoms with van der Waals surface area (Å²) < 4.78 is 26.5. The molecule has 0 atom stereocenters. The van der Waals surface area contributed by atoms with E-state index in [0.29, 0.717) is 16.9 Å². The van der Waals surface area contributed by atoms with Gasteiger partial charge in [-0.1, -0.05) is 17.7 Å². The molecule has 0 radical (unpaired) electrons. The SMILES string of the molecule is Cc1c(F)cccc1Nc1cc(Cl)c(F)cc1N. The number of nitrogens with two attached hydrogens (primary N) is 1. The molecule has 0 amide bonds. The van der Waals surface area contributed by atoms with Gasteiger partial charge in [-0.3, -0.25) is 0 Å². The summed E-state index contributed by atoms with van der Waals surface area (Å²) in [6.45, 7) is 1.64. The average molecular weight is 269 g/mol. The smallest absolute Gasteiger partial charge is 0.143 e. The van der Waals surface area contributed by atoms with Gasteiger partial charge in [0, 0.05) is 17.3 Å². The van der Waals surface area contributed by atoms with Gasteiger partial charge in [-0.15, -0.1) is 0 Å². The lowest BCUT2D eigenvalue weighted by molar-refractivity contribution is 0.619. The maximum atomic E-state index is 13.4. The Labute approximate surface area is 108 Å². The fourth-order valence-electron chi connectivity index (χ4n) is 1.56. The van der Waals surface area contributed by atoms with E-state index in [2.05, 4.69) is 5.32 Å². The second-order valence-corrected chi connectivity index (χ2v) is 4.30. The van der Waals surface area contributed by atoms with Crippen LogP contribution in [0.25, 0.3) is 0 Å². The van der Waals surface area contributed by atoms with E-state index >= 15 is 0 Å². The van der Waals surface area contributed by atoms with Crippen LogP contribution in [0.3, 0.4) is 0 Å². The highest BCUT2D eigenvalue weighted by Gasteiger charge is 2.09. The first-order chi connectivity index (χ1) is 8.49. The van der Waals surface area contributed by atoms with Crippen molar-refractivity contribution in [3.05, 3.63) is 52.6 Å². The van der Waals surface area contributed by atoms with Gasteiger partial charge < -0.3 is 11.1 Å². The molecule has 0 bridgehead atoms. The minimum atomic E-state index is -0.587. The first-order valence-electron chi connectivity index (χ1n) is 5.25. The monoisotopic (exact) mass is 268 g/mol. The Morgan fingerprint density at radius 3 is 2.56 bits per heavy atom. The Hall–Kier alpha value is -1.81. The van der Waals surface area contributed by atoms with Crippen molar-refractivity contribution in [3.8, 4) is 0 Å². The van der Waals surface area contributed by atoms with Crippen LogP contribution < -0.4 is 11.1 Å². The Kier molecular flexibility index (Phi) is 3.39. The molecular weight excluding hydrogens is 258 g/mol. The number of rotatable bonds is 2. The summed E-state index contributed by atoms with van der Waals surface area (Å²) >= 11 is 5.68. The minimum absolute atomic E-state index is 0.0410. The summed E-state index contributed by atoms with van der Waals surface area (Å²) in [6.07, 6.45) is 0. The van der Waals surface area contributed by atoms with Crippen molar-refractivity contribution in [1.29, 1.82) is 0 Å². The lowest BCUT2D eigenvalue weighted by atomic mass is 10.1. The number of nitrogen functional groups attached to an aromatic ring is 1. The fourth-order valence-corrected chi connectivity index (χ4v) is 1.72. The molecule has 0 aromatic heterocycles. The van der Waals surface area contributed by atoms with Gasteiger partial charge in [-0.05, 0) is 25.1 Å². The van der Waals surface area contributed by atoms with E-state index in [1.807, 2.05) is 0 Å². The Bertz CT molecular complexity index is 600. The number of hydrogen-bond acceptors (Lipinski definition) is 2. The van der Waals surface area contributed by atoms with Crippen LogP contribution >= 0.6 is 11.6 Å². The zero-order valence-electron chi connectivity index (χ0n) is 9.60. The van der Waals surface area contributed by atoms with Crippen molar-refractivity contribution in [2.75, 3.05) is 11.1 Å². The molecule has 5 heteroatoms. The second-order valence-electron chi connectivity index (χ2n) is 3.89. The van der Waals surface area contributed by atoms with Gasteiger partial charge in [0.1, 0.15) is 11.6 Å². The lowest BCUT2D eigenvalue weighted by Crippen LogP contribution is -2.00. The molecule has 0 fully saturated rings. The van der Waals surface area contributed by atoms with Crippen LogP contribution in [-0.2, 0) is 0 Å². The number of benzene rings is 2. The van der Waals surface area contributed by atoms with Crippen LogP contribution in [0.2, 0.25) is 5.02 Å². The molecular formula is C13H11ClF2N2. The average Bonchev–Trinajstić information content (AvgIpc) is 2.32. The minimum Gasteiger partial charge on any atom is -0.397 e. The molecule has 0 aliphatic rings. The second kappa shape index (κ2) is 4.82. The maximum absolute atomic E-state index is 13.4. The first kappa shape index (κ1) is 12.6. The molecule has 2 aromatic carbocycles. The normalized spacial score (nSPS) is 10.4. The molecule has 94 valence electrons. The molecule has 0 saturated carbocycles. The highest BCUT2D eigenvalue weighted by molar-refractivity contribution is 6.31. The molecule has 0 spiro atoms. The van der Waals surface area contributed by atoms with E-state index in [9.17, 15) is 8.78 Å². The van der Waals surface area contributed by atoms with E-state index in [-0.39, 0.29) is 16.5 Å². The summed E-state index contributed by atoms with van der Waals surface area (Å²) in [5, 5.41) is 2.89. The summed E-state index contributed by atoms with van der Waals surface area (Å²) in [5.74, 6) is -0.914. The van der Waals surface area contributed by atoms with Crippen LogP contribution in [0.5, 0.6) is 0 Å². The van der Waals surface area contributed by atoms with Crippen molar-refractivity contribution in [2.45, 2.75) is 6.92 Å². The van der Waals surface area contributed by atoms with Gasteiger partial charge in [0.05, 0.1) is 16.4 Å². The first-order valence-corrected chi connectivity index (χ1v) is 5.63. The van der Waals surface area contributed by atoms with E-state index in [1.54, 1.807) is 19.1 Å². The summed E-state index contributed by atoms with van der Waals surface area (Å²) in [5.41, 5.74) is 7.34. The predicted octanol–water partition coefficient (Wildman–Crippen LogP) is 4.25. The van der Waals surface area contributed by atoms with Crippen LogP contribution in [-0.4, -0.2) is 0 Å². The number of halogens is 3. The quantitative estimate of drug-likeness (QED) is 0.799. The molecule has 18 heavy (non-hydrogen) atoms. The van der Waals surface area contributed by atoms with Crippen molar-refractivity contribution in [2.24, 2.45) is 0 Å².